The molecular weight excluding hydrogens is 202 g/mol. The molecule has 1 rings (SSSR count). The summed E-state index contributed by atoms with van der Waals surface area (Å²) in [5.41, 5.74) is 0.300. The fourth-order valence-corrected chi connectivity index (χ4v) is 1.18. The number of nitrogens with one attached hydrogen (secondary N) is 1. The Morgan fingerprint density at radius 3 is 2.69 bits per heavy atom. The molecule has 4 nitrogen and oxygen atoms in total. The lowest BCUT2D eigenvalue weighted by Crippen LogP contribution is -2.26. The first kappa shape index (κ1) is 12.6. The monoisotopic (exact) mass is 221 g/mol. The highest BCUT2D eigenvalue weighted by molar-refractivity contribution is 5.92. The van der Waals surface area contributed by atoms with Crippen LogP contribution in [0.3, 0.4) is 0 Å². The third kappa shape index (κ3) is 3.29. The summed E-state index contributed by atoms with van der Waals surface area (Å²) in [6.07, 6.45) is 2.55. The van der Waals surface area contributed by atoms with Gasteiger partial charge in [-0.15, -0.1) is 0 Å². The number of carbonyl (C=O) groups excluding carboxylic acids is 1. The van der Waals surface area contributed by atoms with Crippen LogP contribution in [0, 0.1) is 0 Å². The zero-order chi connectivity index (χ0) is 12.2. The summed E-state index contributed by atoms with van der Waals surface area (Å²) in [6.45, 7) is 8.76. The minimum absolute atomic E-state index is 0.130. The number of aromatic nitrogens is 2. The molecule has 0 unspecified atom stereocenters. The molecule has 1 N–H and O–H groups in total. The van der Waals surface area contributed by atoms with Crippen molar-refractivity contribution in [1.29, 1.82) is 0 Å². The highest BCUT2D eigenvalue weighted by Gasteiger charge is 2.18. The van der Waals surface area contributed by atoms with E-state index in [1.165, 1.54) is 0 Å². The summed E-state index contributed by atoms with van der Waals surface area (Å²) >= 11 is 0. The van der Waals surface area contributed by atoms with E-state index >= 15 is 0 Å². The predicted octanol–water partition coefficient (Wildman–Crippen LogP) is 1.91. The first-order valence-electron chi connectivity index (χ1n) is 5.57. The van der Waals surface area contributed by atoms with Gasteiger partial charge in [0.1, 0.15) is 11.5 Å². The van der Waals surface area contributed by atoms with Gasteiger partial charge in [0.15, 0.2) is 0 Å². The highest BCUT2D eigenvalue weighted by Crippen LogP contribution is 2.17. The van der Waals surface area contributed by atoms with E-state index in [2.05, 4.69) is 15.3 Å². The number of hydrogen-bond acceptors (Lipinski definition) is 3. The van der Waals surface area contributed by atoms with Crippen LogP contribution in [-0.4, -0.2) is 22.4 Å². The molecule has 4 heteroatoms. The van der Waals surface area contributed by atoms with Gasteiger partial charge in [0.05, 0.1) is 0 Å². The van der Waals surface area contributed by atoms with Crippen LogP contribution in [0.5, 0.6) is 0 Å². The normalized spacial score (nSPS) is 11.2. The molecule has 0 saturated heterocycles. The third-order valence-electron chi connectivity index (χ3n) is 2.09. The molecule has 0 bridgehead atoms. The van der Waals surface area contributed by atoms with Gasteiger partial charge in [0, 0.05) is 18.2 Å². The second kappa shape index (κ2) is 5.05. The van der Waals surface area contributed by atoms with Gasteiger partial charge in [-0.2, -0.15) is 0 Å². The predicted molar refractivity (Wildman–Crippen MR) is 63.4 cm³/mol. The maximum absolute atomic E-state index is 11.7. The number of amides is 1. The van der Waals surface area contributed by atoms with Gasteiger partial charge < -0.3 is 5.32 Å². The molecule has 0 aliphatic heterocycles. The lowest BCUT2D eigenvalue weighted by atomic mass is 9.95. The number of nitrogens with zero attached hydrogens (tertiary/aromatic N) is 2. The Balaban J connectivity index is 2.86. The van der Waals surface area contributed by atoms with Crippen LogP contribution in [-0.2, 0) is 5.41 Å². The lowest BCUT2D eigenvalue weighted by Gasteiger charge is -2.16. The SMILES string of the molecule is CCCNC(=O)c1ccnc(C(C)(C)C)n1. The van der Waals surface area contributed by atoms with Crippen molar-refractivity contribution < 1.29 is 4.79 Å². The third-order valence-corrected chi connectivity index (χ3v) is 2.09. The van der Waals surface area contributed by atoms with E-state index in [9.17, 15) is 4.79 Å². The van der Waals surface area contributed by atoms with Crippen LogP contribution in [0.1, 0.15) is 50.4 Å². The van der Waals surface area contributed by atoms with E-state index in [1.54, 1.807) is 12.3 Å². The van der Waals surface area contributed by atoms with Crippen molar-refractivity contribution in [3.63, 3.8) is 0 Å². The Kier molecular flexibility index (Phi) is 3.99. The average molecular weight is 221 g/mol. The molecular formula is C12H19N3O. The van der Waals surface area contributed by atoms with E-state index in [0.29, 0.717) is 18.1 Å². The maximum atomic E-state index is 11.7. The summed E-state index contributed by atoms with van der Waals surface area (Å²) in [4.78, 5) is 20.1. The van der Waals surface area contributed by atoms with Crippen molar-refractivity contribution in [2.45, 2.75) is 39.5 Å². The Morgan fingerprint density at radius 2 is 2.12 bits per heavy atom. The molecule has 0 aliphatic carbocycles. The maximum Gasteiger partial charge on any atom is 0.270 e. The summed E-state index contributed by atoms with van der Waals surface area (Å²) in [7, 11) is 0. The van der Waals surface area contributed by atoms with Crippen molar-refractivity contribution in [1.82, 2.24) is 15.3 Å². The zero-order valence-corrected chi connectivity index (χ0v) is 10.4. The molecule has 16 heavy (non-hydrogen) atoms. The molecule has 0 saturated carbocycles. The molecule has 0 radical (unpaired) electrons. The molecule has 88 valence electrons. The number of rotatable bonds is 3. The second-order valence-corrected chi connectivity index (χ2v) is 4.77. The van der Waals surface area contributed by atoms with Crippen molar-refractivity contribution in [3.05, 3.63) is 23.8 Å². The molecule has 1 aromatic rings. The first-order chi connectivity index (χ1) is 7.45. The fraction of sp³-hybridized carbons (Fsp3) is 0.583. The smallest absolute Gasteiger partial charge is 0.270 e. The number of hydrogen-bond donors (Lipinski definition) is 1. The molecule has 0 atom stereocenters. The largest absolute Gasteiger partial charge is 0.351 e. The summed E-state index contributed by atoms with van der Waals surface area (Å²) in [5, 5.41) is 2.80. The Bertz CT molecular complexity index is 369. The van der Waals surface area contributed by atoms with Crippen molar-refractivity contribution >= 4 is 5.91 Å². The van der Waals surface area contributed by atoms with Gasteiger partial charge in [0.25, 0.3) is 5.91 Å². The summed E-state index contributed by atoms with van der Waals surface area (Å²) in [5.74, 6) is 0.561. The Hall–Kier alpha value is -1.45. The van der Waals surface area contributed by atoms with Crippen molar-refractivity contribution in [3.8, 4) is 0 Å². The van der Waals surface area contributed by atoms with Crippen LogP contribution in [0.2, 0.25) is 0 Å². The first-order valence-corrected chi connectivity index (χ1v) is 5.57. The van der Waals surface area contributed by atoms with E-state index in [1.807, 2.05) is 27.7 Å². The van der Waals surface area contributed by atoms with E-state index in [-0.39, 0.29) is 11.3 Å². The van der Waals surface area contributed by atoms with Gasteiger partial charge in [-0.1, -0.05) is 27.7 Å². The zero-order valence-electron chi connectivity index (χ0n) is 10.4. The second-order valence-electron chi connectivity index (χ2n) is 4.77. The van der Waals surface area contributed by atoms with Crippen molar-refractivity contribution in [2.24, 2.45) is 0 Å². The van der Waals surface area contributed by atoms with Gasteiger partial charge in [0.2, 0.25) is 0 Å². The molecule has 1 amide bonds. The minimum atomic E-state index is -0.138. The van der Waals surface area contributed by atoms with E-state index in [4.69, 9.17) is 0 Å². The van der Waals surface area contributed by atoms with Gasteiger partial charge in [-0.25, -0.2) is 9.97 Å². The average Bonchev–Trinajstić information content (AvgIpc) is 2.25. The van der Waals surface area contributed by atoms with Crippen LogP contribution >= 0.6 is 0 Å². The topological polar surface area (TPSA) is 54.9 Å². The van der Waals surface area contributed by atoms with Gasteiger partial charge in [-0.05, 0) is 12.5 Å². The van der Waals surface area contributed by atoms with Crippen LogP contribution in [0.15, 0.2) is 12.3 Å². The van der Waals surface area contributed by atoms with E-state index < -0.39 is 0 Å². The molecule has 0 spiro atoms. The molecule has 0 aliphatic rings. The molecule has 1 heterocycles. The van der Waals surface area contributed by atoms with Crippen molar-refractivity contribution in [2.75, 3.05) is 6.54 Å². The Labute approximate surface area is 96.5 Å². The lowest BCUT2D eigenvalue weighted by molar-refractivity contribution is 0.0948. The van der Waals surface area contributed by atoms with Gasteiger partial charge >= 0.3 is 0 Å². The summed E-state index contributed by atoms with van der Waals surface area (Å²) in [6, 6.07) is 1.64. The van der Waals surface area contributed by atoms with E-state index in [0.717, 1.165) is 6.42 Å². The molecule has 0 fully saturated rings. The summed E-state index contributed by atoms with van der Waals surface area (Å²) < 4.78 is 0. The quantitative estimate of drug-likeness (QED) is 0.848. The van der Waals surface area contributed by atoms with Crippen LogP contribution < -0.4 is 5.32 Å². The van der Waals surface area contributed by atoms with Crippen LogP contribution in [0.4, 0.5) is 0 Å². The fourth-order valence-electron chi connectivity index (χ4n) is 1.18. The molecule has 1 aromatic heterocycles. The molecule has 0 aromatic carbocycles. The minimum Gasteiger partial charge on any atom is -0.351 e. The standard InChI is InChI=1S/C12H19N3O/c1-5-7-13-10(16)9-6-8-14-11(15-9)12(2,3)4/h6,8H,5,7H2,1-4H3,(H,13,16). The highest BCUT2D eigenvalue weighted by atomic mass is 16.1. The van der Waals surface area contributed by atoms with Gasteiger partial charge in [-0.3, -0.25) is 4.79 Å². The Morgan fingerprint density at radius 1 is 1.44 bits per heavy atom. The number of carbonyl (C=O) groups is 1. The van der Waals surface area contributed by atoms with Crippen LogP contribution in [0.25, 0.3) is 0 Å².